The maximum atomic E-state index is 14.0. The van der Waals surface area contributed by atoms with Gasteiger partial charge in [-0.15, -0.1) is 0 Å². The van der Waals surface area contributed by atoms with Crippen molar-refractivity contribution < 1.29 is 13.5 Å². The number of thiazole rings is 1. The van der Waals surface area contributed by atoms with Crippen LogP contribution in [0.15, 0.2) is 53.6 Å². The van der Waals surface area contributed by atoms with Gasteiger partial charge in [-0.1, -0.05) is 17.4 Å². The summed E-state index contributed by atoms with van der Waals surface area (Å²) in [6.07, 6.45) is 2.36. The summed E-state index contributed by atoms with van der Waals surface area (Å²) in [5.41, 5.74) is 0.687. The molecule has 4 aromatic rings. The first-order valence-electron chi connectivity index (χ1n) is 10.9. The maximum absolute atomic E-state index is 14.0. The number of aromatic nitrogens is 4. The van der Waals surface area contributed by atoms with Gasteiger partial charge in [-0.05, 0) is 63.3 Å². The van der Waals surface area contributed by atoms with Gasteiger partial charge in [-0.25, -0.2) is 18.6 Å². The highest BCUT2D eigenvalue weighted by atomic mass is 32.1. The van der Waals surface area contributed by atoms with Gasteiger partial charge >= 0.3 is 5.69 Å². The molecular formula is C24H23F2N5O2S. The van der Waals surface area contributed by atoms with Gasteiger partial charge in [0.1, 0.15) is 28.7 Å². The van der Waals surface area contributed by atoms with Crippen molar-refractivity contribution in [2.45, 2.75) is 25.8 Å². The number of benzene rings is 2. The van der Waals surface area contributed by atoms with E-state index in [2.05, 4.69) is 17.0 Å². The molecular weight excluding hydrogens is 460 g/mol. The lowest BCUT2D eigenvalue weighted by Gasteiger charge is -2.07. The molecule has 0 amide bonds. The topological polar surface area (TPSA) is 65.2 Å². The van der Waals surface area contributed by atoms with E-state index in [0.717, 1.165) is 52.0 Å². The molecule has 1 fully saturated rings. The van der Waals surface area contributed by atoms with Crippen LogP contribution in [-0.2, 0) is 6.54 Å². The predicted octanol–water partition coefficient (Wildman–Crippen LogP) is 4.34. The highest BCUT2D eigenvalue weighted by Gasteiger charge is 2.25. The van der Waals surface area contributed by atoms with Crippen LogP contribution < -0.4 is 10.4 Å². The Morgan fingerprint density at radius 1 is 1.15 bits per heavy atom. The molecule has 34 heavy (non-hydrogen) atoms. The average molecular weight is 484 g/mol. The summed E-state index contributed by atoms with van der Waals surface area (Å²) in [6.45, 7) is 3.77. The second kappa shape index (κ2) is 9.11. The molecule has 1 aliphatic rings. The average Bonchev–Trinajstić information content (AvgIpc) is 3.51. The van der Waals surface area contributed by atoms with Crippen molar-refractivity contribution in [3.05, 3.63) is 87.2 Å². The maximum Gasteiger partial charge on any atom is 0.350 e. The molecule has 1 atom stereocenters. The number of rotatable bonds is 6. The molecule has 10 heteroatoms. The van der Waals surface area contributed by atoms with Gasteiger partial charge in [0.25, 0.3) is 0 Å². The molecule has 1 unspecified atom stereocenters. The highest BCUT2D eigenvalue weighted by molar-refractivity contribution is 7.13. The van der Waals surface area contributed by atoms with Crippen molar-refractivity contribution in [2.24, 2.45) is 0 Å². The molecule has 1 saturated heterocycles. The van der Waals surface area contributed by atoms with E-state index in [9.17, 15) is 13.6 Å². The van der Waals surface area contributed by atoms with Crippen LogP contribution in [-0.4, -0.2) is 44.4 Å². The van der Waals surface area contributed by atoms with Gasteiger partial charge in [0.15, 0.2) is 0 Å². The van der Waals surface area contributed by atoms with Crippen LogP contribution in [0, 0.1) is 18.6 Å². The van der Waals surface area contributed by atoms with Crippen molar-refractivity contribution in [3.8, 4) is 16.5 Å². The number of halogens is 2. The summed E-state index contributed by atoms with van der Waals surface area (Å²) in [4.78, 5) is 19.8. The first-order chi connectivity index (χ1) is 16.4. The number of aryl methyl sites for hydroxylation is 1. The Morgan fingerprint density at radius 3 is 2.56 bits per heavy atom. The smallest absolute Gasteiger partial charge is 0.350 e. The van der Waals surface area contributed by atoms with E-state index in [0.29, 0.717) is 17.4 Å². The summed E-state index contributed by atoms with van der Waals surface area (Å²) in [7, 11) is 2.12. The molecule has 1 aliphatic heterocycles. The second-order valence-electron chi connectivity index (χ2n) is 8.42. The van der Waals surface area contributed by atoms with E-state index in [4.69, 9.17) is 9.72 Å². The van der Waals surface area contributed by atoms with E-state index >= 15 is 0 Å². The van der Waals surface area contributed by atoms with Crippen LogP contribution >= 0.6 is 11.3 Å². The van der Waals surface area contributed by atoms with Crippen molar-refractivity contribution in [2.75, 3.05) is 20.1 Å². The Kier molecular flexibility index (Phi) is 6.01. The van der Waals surface area contributed by atoms with Crippen molar-refractivity contribution in [1.29, 1.82) is 0 Å². The number of hydrogen-bond donors (Lipinski definition) is 0. The van der Waals surface area contributed by atoms with E-state index in [1.807, 2.05) is 6.92 Å². The van der Waals surface area contributed by atoms with Crippen LogP contribution in [0.25, 0.3) is 5.69 Å². The lowest BCUT2D eigenvalue weighted by Crippen LogP contribution is -2.24. The number of hydrogen-bond acceptors (Lipinski definition) is 6. The minimum atomic E-state index is -0.706. The van der Waals surface area contributed by atoms with Crippen molar-refractivity contribution >= 4 is 11.3 Å². The number of likely N-dealkylation sites (tertiary alicyclic amines) is 1. The Balaban J connectivity index is 1.32. The highest BCUT2D eigenvalue weighted by Crippen LogP contribution is 2.37. The molecule has 2 aromatic carbocycles. The molecule has 3 heterocycles. The van der Waals surface area contributed by atoms with E-state index < -0.39 is 17.3 Å². The molecule has 2 aromatic heterocycles. The fraction of sp³-hybridized carbons (Fsp3) is 0.292. The van der Waals surface area contributed by atoms with Gasteiger partial charge in [-0.2, -0.15) is 9.78 Å². The van der Waals surface area contributed by atoms with Gasteiger partial charge in [0, 0.05) is 18.0 Å². The normalized spacial score (nSPS) is 16.3. The fourth-order valence-corrected chi connectivity index (χ4v) is 5.11. The van der Waals surface area contributed by atoms with Gasteiger partial charge in [0.2, 0.25) is 5.06 Å². The number of ether oxygens (including phenoxy) is 1. The summed E-state index contributed by atoms with van der Waals surface area (Å²) in [5.74, 6) is -0.356. The summed E-state index contributed by atoms with van der Waals surface area (Å²) < 4.78 is 36.3. The molecule has 0 radical (unpaired) electrons. The third kappa shape index (κ3) is 4.38. The summed E-state index contributed by atoms with van der Waals surface area (Å²) in [6, 6.07) is 10.5. The molecule has 176 valence electrons. The van der Waals surface area contributed by atoms with Crippen LogP contribution in [0.3, 0.4) is 0 Å². The minimum absolute atomic E-state index is 0.184. The molecule has 0 bridgehead atoms. The Hall–Kier alpha value is -3.37. The van der Waals surface area contributed by atoms with E-state index in [1.54, 1.807) is 35.6 Å². The second-order valence-corrected chi connectivity index (χ2v) is 9.42. The number of likely N-dealkylation sites (N-methyl/N-ethyl adjacent to an activating group) is 1. The van der Waals surface area contributed by atoms with Crippen LogP contribution in [0.2, 0.25) is 0 Å². The van der Waals surface area contributed by atoms with Crippen molar-refractivity contribution in [3.63, 3.8) is 0 Å². The largest absolute Gasteiger partial charge is 0.445 e. The zero-order chi connectivity index (χ0) is 23.8. The summed E-state index contributed by atoms with van der Waals surface area (Å²) >= 11 is 1.57. The van der Waals surface area contributed by atoms with Gasteiger partial charge < -0.3 is 9.64 Å². The minimum Gasteiger partial charge on any atom is -0.445 e. The lowest BCUT2D eigenvalue weighted by molar-refractivity contribution is 0.411. The van der Waals surface area contributed by atoms with Crippen LogP contribution in [0.1, 0.15) is 28.6 Å². The molecule has 0 N–H and O–H groups in total. The van der Waals surface area contributed by atoms with Gasteiger partial charge in [-0.3, -0.25) is 4.57 Å². The third-order valence-corrected chi connectivity index (χ3v) is 7.12. The molecule has 7 nitrogen and oxygen atoms in total. The van der Waals surface area contributed by atoms with Crippen molar-refractivity contribution in [1.82, 2.24) is 24.2 Å². The molecule has 0 aliphatic carbocycles. The van der Waals surface area contributed by atoms with Gasteiger partial charge in [0.05, 0.1) is 17.9 Å². The zero-order valence-corrected chi connectivity index (χ0v) is 19.6. The number of nitrogens with zero attached hydrogens (tertiary/aromatic N) is 5. The SMILES string of the molecule is Cc1nc(C2CCN(C)C2)sc1Oc1ccc(-n2ncn(Cc3c(F)cccc3F)c2=O)cc1. The van der Waals surface area contributed by atoms with Crippen LogP contribution in [0.5, 0.6) is 10.8 Å². The first kappa shape index (κ1) is 22.4. The standard InChI is InChI=1S/C24H23F2N5O2S/c1-15-23(34-22(28-15)16-10-11-29(2)12-16)33-18-8-6-17(7-9-18)31-24(32)30(14-27-31)13-19-20(25)4-3-5-21(19)26/h3-9,14,16H,10-13H2,1-2H3. The molecule has 5 rings (SSSR count). The van der Waals surface area contributed by atoms with Crippen LogP contribution in [0.4, 0.5) is 8.78 Å². The molecule has 0 spiro atoms. The molecule has 0 saturated carbocycles. The van der Waals surface area contributed by atoms with E-state index in [-0.39, 0.29) is 12.1 Å². The predicted molar refractivity (Wildman–Crippen MR) is 125 cm³/mol. The quantitative estimate of drug-likeness (QED) is 0.408. The Labute approximate surface area is 198 Å². The monoisotopic (exact) mass is 483 g/mol. The fourth-order valence-electron chi connectivity index (χ4n) is 4.04. The summed E-state index contributed by atoms with van der Waals surface area (Å²) in [5, 5.41) is 5.94. The van der Waals surface area contributed by atoms with E-state index in [1.165, 1.54) is 17.1 Å². The Bertz CT molecular complexity index is 1360. The zero-order valence-electron chi connectivity index (χ0n) is 18.7. The Morgan fingerprint density at radius 2 is 1.88 bits per heavy atom. The third-order valence-electron chi connectivity index (χ3n) is 5.93. The lowest BCUT2D eigenvalue weighted by atomic mass is 10.1. The first-order valence-corrected chi connectivity index (χ1v) is 11.7.